The monoisotopic (exact) mass is 320 g/mol. The number of nitrogens with zero attached hydrogens (tertiary/aromatic N) is 1. The maximum Gasteiger partial charge on any atom is 0.225 e. The van der Waals surface area contributed by atoms with Gasteiger partial charge in [0.15, 0.2) is 0 Å². The molecule has 0 radical (unpaired) electrons. The molecule has 0 aromatic heterocycles. The molecule has 1 heterocycles. The fourth-order valence-corrected chi connectivity index (χ4v) is 2.81. The van der Waals surface area contributed by atoms with E-state index in [-0.39, 0.29) is 23.5 Å². The van der Waals surface area contributed by atoms with Gasteiger partial charge in [0.2, 0.25) is 11.8 Å². The van der Waals surface area contributed by atoms with Crippen molar-refractivity contribution in [3.63, 3.8) is 0 Å². The second-order valence-electron chi connectivity index (χ2n) is 6.12. The molecule has 0 aliphatic carbocycles. The van der Waals surface area contributed by atoms with Crippen molar-refractivity contribution >= 4 is 11.8 Å². The predicted octanol–water partition coefficient (Wildman–Crippen LogP) is 2.52. The van der Waals surface area contributed by atoms with E-state index in [2.05, 4.69) is 12.2 Å². The highest BCUT2D eigenvalue weighted by molar-refractivity contribution is 5.89. The second kappa shape index (κ2) is 8.65. The van der Waals surface area contributed by atoms with Gasteiger partial charge in [-0.1, -0.05) is 31.9 Å². The van der Waals surface area contributed by atoms with E-state index in [1.54, 1.807) is 17.0 Å². The van der Waals surface area contributed by atoms with Gasteiger partial charge in [-0.3, -0.25) is 9.59 Å². The SMILES string of the molecule is CCCCCNC(=O)C1CC(=O)N(CCc2ccc(F)cc2)C1. The van der Waals surface area contributed by atoms with E-state index in [1.807, 2.05) is 0 Å². The number of benzene rings is 1. The van der Waals surface area contributed by atoms with Gasteiger partial charge in [-0.25, -0.2) is 4.39 Å². The Hall–Kier alpha value is -1.91. The lowest BCUT2D eigenvalue weighted by molar-refractivity contribution is -0.129. The molecule has 2 amide bonds. The number of hydrogen-bond donors (Lipinski definition) is 1. The average Bonchev–Trinajstić information content (AvgIpc) is 2.92. The number of hydrogen-bond acceptors (Lipinski definition) is 2. The number of carbonyl (C=O) groups excluding carboxylic acids is 2. The number of nitrogens with one attached hydrogen (secondary N) is 1. The summed E-state index contributed by atoms with van der Waals surface area (Å²) in [5, 5.41) is 2.92. The number of halogens is 1. The first kappa shape index (κ1) is 17.4. The maximum absolute atomic E-state index is 12.9. The smallest absolute Gasteiger partial charge is 0.225 e. The van der Waals surface area contributed by atoms with Crippen LogP contribution in [0.4, 0.5) is 4.39 Å². The molecule has 4 nitrogen and oxygen atoms in total. The Morgan fingerprint density at radius 3 is 2.74 bits per heavy atom. The highest BCUT2D eigenvalue weighted by Crippen LogP contribution is 2.18. The first-order valence-electron chi connectivity index (χ1n) is 8.40. The third kappa shape index (κ3) is 5.34. The van der Waals surface area contributed by atoms with Crippen molar-refractivity contribution in [3.8, 4) is 0 Å². The van der Waals surface area contributed by atoms with Gasteiger partial charge < -0.3 is 10.2 Å². The van der Waals surface area contributed by atoms with Crippen LogP contribution in [0.1, 0.15) is 38.2 Å². The van der Waals surface area contributed by atoms with Gasteiger partial charge in [0.25, 0.3) is 0 Å². The van der Waals surface area contributed by atoms with Gasteiger partial charge >= 0.3 is 0 Å². The summed E-state index contributed by atoms with van der Waals surface area (Å²) < 4.78 is 12.9. The molecular formula is C18H25FN2O2. The summed E-state index contributed by atoms with van der Waals surface area (Å²) in [5.41, 5.74) is 0.992. The van der Waals surface area contributed by atoms with E-state index in [0.717, 1.165) is 24.8 Å². The lowest BCUT2D eigenvalue weighted by Crippen LogP contribution is -2.34. The highest BCUT2D eigenvalue weighted by Gasteiger charge is 2.33. The standard InChI is InChI=1S/C18H25FN2O2/c1-2-3-4-10-20-18(23)15-12-17(22)21(13-15)11-9-14-5-7-16(19)8-6-14/h5-8,15H,2-4,9-13H2,1H3,(H,20,23). The van der Waals surface area contributed by atoms with Crippen LogP contribution in [0.2, 0.25) is 0 Å². The molecule has 1 fully saturated rings. The molecule has 0 spiro atoms. The molecule has 1 aliphatic rings. The predicted molar refractivity (Wildman–Crippen MR) is 87.3 cm³/mol. The zero-order chi connectivity index (χ0) is 16.7. The summed E-state index contributed by atoms with van der Waals surface area (Å²) in [6.07, 6.45) is 4.18. The minimum Gasteiger partial charge on any atom is -0.356 e. The maximum atomic E-state index is 12.9. The molecule has 1 unspecified atom stereocenters. The second-order valence-corrected chi connectivity index (χ2v) is 6.12. The van der Waals surface area contributed by atoms with Crippen LogP contribution < -0.4 is 5.32 Å². The molecule has 0 saturated carbocycles. The van der Waals surface area contributed by atoms with Crippen molar-refractivity contribution in [1.82, 2.24) is 10.2 Å². The van der Waals surface area contributed by atoms with Gasteiger partial charge in [0.1, 0.15) is 5.82 Å². The Morgan fingerprint density at radius 2 is 2.04 bits per heavy atom. The fraction of sp³-hybridized carbons (Fsp3) is 0.556. The van der Waals surface area contributed by atoms with Crippen molar-refractivity contribution in [3.05, 3.63) is 35.6 Å². The Bertz CT molecular complexity index is 530. The molecule has 126 valence electrons. The molecule has 1 aliphatic heterocycles. The van der Waals surface area contributed by atoms with Gasteiger partial charge in [-0.05, 0) is 30.5 Å². The van der Waals surface area contributed by atoms with Crippen LogP contribution in [0, 0.1) is 11.7 Å². The third-order valence-electron chi connectivity index (χ3n) is 4.25. The van der Waals surface area contributed by atoms with Crippen LogP contribution in [-0.4, -0.2) is 36.3 Å². The van der Waals surface area contributed by atoms with E-state index in [4.69, 9.17) is 0 Å². The van der Waals surface area contributed by atoms with Crippen LogP contribution >= 0.6 is 0 Å². The van der Waals surface area contributed by atoms with Crippen LogP contribution in [0.3, 0.4) is 0 Å². The quantitative estimate of drug-likeness (QED) is 0.748. The summed E-state index contributed by atoms with van der Waals surface area (Å²) in [4.78, 5) is 25.8. The minimum absolute atomic E-state index is 0.0151. The van der Waals surface area contributed by atoms with E-state index in [1.165, 1.54) is 12.1 Å². The molecule has 1 atom stereocenters. The van der Waals surface area contributed by atoms with Crippen molar-refractivity contribution in [2.45, 2.75) is 39.0 Å². The lowest BCUT2D eigenvalue weighted by atomic mass is 10.1. The number of carbonyl (C=O) groups is 2. The van der Waals surface area contributed by atoms with E-state index < -0.39 is 0 Å². The summed E-state index contributed by atoms with van der Waals surface area (Å²) in [5.74, 6) is -0.484. The molecule has 1 saturated heterocycles. The first-order valence-corrected chi connectivity index (χ1v) is 8.40. The number of rotatable bonds is 8. The largest absolute Gasteiger partial charge is 0.356 e. The van der Waals surface area contributed by atoms with Gasteiger partial charge in [0.05, 0.1) is 5.92 Å². The van der Waals surface area contributed by atoms with Gasteiger partial charge in [-0.15, -0.1) is 0 Å². The Morgan fingerprint density at radius 1 is 1.30 bits per heavy atom. The molecule has 23 heavy (non-hydrogen) atoms. The zero-order valence-corrected chi connectivity index (χ0v) is 13.7. The van der Waals surface area contributed by atoms with Crippen molar-refractivity contribution in [1.29, 1.82) is 0 Å². The van der Waals surface area contributed by atoms with Gasteiger partial charge in [0, 0.05) is 26.1 Å². The summed E-state index contributed by atoms with van der Waals surface area (Å²) in [6, 6.07) is 6.31. The van der Waals surface area contributed by atoms with Crippen molar-refractivity contribution in [2.75, 3.05) is 19.6 Å². The van der Waals surface area contributed by atoms with E-state index in [0.29, 0.717) is 32.5 Å². The van der Waals surface area contributed by atoms with Crippen LogP contribution in [0.5, 0.6) is 0 Å². The molecule has 5 heteroatoms. The molecule has 1 N–H and O–H groups in total. The van der Waals surface area contributed by atoms with Crippen LogP contribution in [0.15, 0.2) is 24.3 Å². The fourth-order valence-electron chi connectivity index (χ4n) is 2.81. The average molecular weight is 320 g/mol. The summed E-state index contributed by atoms with van der Waals surface area (Å²) in [6.45, 7) is 3.87. The summed E-state index contributed by atoms with van der Waals surface area (Å²) in [7, 11) is 0. The molecule has 1 aromatic rings. The van der Waals surface area contributed by atoms with Crippen molar-refractivity contribution in [2.24, 2.45) is 5.92 Å². The Labute approximate surface area is 137 Å². The van der Waals surface area contributed by atoms with Crippen molar-refractivity contribution < 1.29 is 14.0 Å². The summed E-state index contributed by atoms with van der Waals surface area (Å²) >= 11 is 0. The number of amides is 2. The Kier molecular flexibility index (Phi) is 6.56. The topological polar surface area (TPSA) is 49.4 Å². The normalized spacial score (nSPS) is 17.6. The van der Waals surface area contributed by atoms with Crippen LogP contribution in [0.25, 0.3) is 0 Å². The molecular weight excluding hydrogens is 295 g/mol. The highest BCUT2D eigenvalue weighted by atomic mass is 19.1. The molecule has 2 rings (SSSR count). The molecule has 1 aromatic carbocycles. The molecule has 0 bridgehead atoms. The van der Waals surface area contributed by atoms with E-state index in [9.17, 15) is 14.0 Å². The Balaban J connectivity index is 1.75. The van der Waals surface area contributed by atoms with E-state index >= 15 is 0 Å². The number of unbranched alkanes of at least 4 members (excludes halogenated alkanes) is 2. The number of likely N-dealkylation sites (tertiary alicyclic amines) is 1. The van der Waals surface area contributed by atoms with Crippen LogP contribution in [-0.2, 0) is 16.0 Å². The van der Waals surface area contributed by atoms with Gasteiger partial charge in [-0.2, -0.15) is 0 Å². The third-order valence-corrected chi connectivity index (χ3v) is 4.25. The lowest BCUT2D eigenvalue weighted by Gasteiger charge is -2.16. The first-order chi connectivity index (χ1) is 11.1. The zero-order valence-electron chi connectivity index (χ0n) is 13.7. The minimum atomic E-state index is -0.259.